The summed E-state index contributed by atoms with van der Waals surface area (Å²) in [6, 6.07) is 15.4. The fraction of sp³-hybridized carbons (Fsp3) is 0.333. The van der Waals surface area contributed by atoms with Crippen LogP contribution in [0.4, 0.5) is 0 Å². The predicted octanol–water partition coefficient (Wildman–Crippen LogP) is 4.31. The average molecular weight is 304 g/mol. The summed E-state index contributed by atoms with van der Waals surface area (Å²) in [4.78, 5) is 0. The molecule has 21 heavy (non-hydrogen) atoms. The van der Waals surface area contributed by atoms with Crippen molar-refractivity contribution in [1.82, 2.24) is 5.32 Å². The molecule has 0 fully saturated rings. The number of unbranched alkanes of at least 4 members (excludes halogenated alkanes) is 1. The summed E-state index contributed by atoms with van der Waals surface area (Å²) in [6.45, 7) is 3.91. The van der Waals surface area contributed by atoms with Gasteiger partial charge in [0.2, 0.25) is 0 Å². The first-order valence-electron chi connectivity index (χ1n) is 7.44. The van der Waals surface area contributed by atoms with Gasteiger partial charge in [0.1, 0.15) is 6.10 Å². The molecule has 112 valence electrons. The fourth-order valence-corrected chi connectivity index (χ4v) is 2.50. The molecular weight excluding hydrogens is 282 g/mol. The van der Waals surface area contributed by atoms with Crippen LogP contribution in [0.15, 0.2) is 48.5 Å². The van der Waals surface area contributed by atoms with Crippen molar-refractivity contribution in [3.05, 3.63) is 70.2 Å². The Morgan fingerprint density at radius 3 is 2.62 bits per heavy atom. The topological polar surface area (TPSA) is 32.3 Å². The molecule has 2 aromatic rings. The van der Waals surface area contributed by atoms with Crippen LogP contribution in [0.1, 0.15) is 42.6 Å². The minimum atomic E-state index is -0.645. The van der Waals surface area contributed by atoms with E-state index in [1.807, 2.05) is 48.5 Å². The lowest BCUT2D eigenvalue weighted by molar-refractivity contribution is 0.219. The van der Waals surface area contributed by atoms with Gasteiger partial charge in [0, 0.05) is 11.6 Å². The molecule has 0 bridgehead atoms. The number of aliphatic hydroxyl groups excluding tert-OH is 1. The van der Waals surface area contributed by atoms with E-state index in [9.17, 15) is 5.11 Å². The first-order chi connectivity index (χ1) is 10.2. The summed E-state index contributed by atoms with van der Waals surface area (Å²) in [5, 5.41) is 14.7. The molecule has 2 aromatic carbocycles. The lowest BCUT2D eigenvalue weighted by Gasteiger charge is -2.17. The molecule has 1 atom stereocenters. The van der Waals surface area contributed by atoms with E-state index in [0.29, 0.717) is 5.02 Å². The number of nitrogens with one attached hydrogen (secondary N) is 1. The Kier molecular flexibility index (Phi) is 6.24. The van der Waals surface area contributed by atoms with Crippen molar-refractivity contribution >= 4 is 11.6 Å². The molecule has 1 unspecified atom stereocenters. The zero-order chi connectivity index (χ0) is 15.1. The SMILES string of the molecule is CCCCNCc1ccc(Cl)cc1C(O)c1ccccc1. The Morgan fingerprint density at radius 2 is 1.90 bits per heavy atom. The normalized spacial score (nSPS) is 12.3. The summed E-state index contributed by atoms with van der Waals surface area (Å²) in [5.74, 6) is 0. The second-order valence-electron chi connectivity index (χ2n) is 5.19. The average Bonchev–Trinajstić information content (AvgIpc) is 2.53. The predicted molar refractivity (Wildman–Crippen MR) is 88.6 cm³/mol. The van der Waals surface area contributed by atoms with Gasteiger partial charge in [-0.2, -0.15) is 0 Å². The van der Waals surface area contributed by atoms with Gasteiger partial charge in [-0.15, -0.1) is 0 Å². The highest BCUT2D eigenvalue weighted by Gasteiger charge is 2.14. The second kappa shape index (κ2) is 8.18. The third-order valence-corrected chi connectivity index (χ3v) is 3.78. The van der Waals surface area contributed by atoms with Gasteiger partial charge in [-0.25, -0.2) is 0 Å². The molecule has 0 aliphatic rings. The Balaban J connectivity index is 2.18. The molecule has 0 aliphatic heterocycles. The van der Waals surface area contributed by atoms with Crippen LogP contribution in [-0.2, 0) is 6.54 Å². The van der Waals surface area contributed by atoms with E-state index in [2.05, 4.69) is 12.2 Å². The number of benzene rings is 2. The van der Waals surface area contributed by atoms with Crippen LogP contribution in [0, 0.1) is 0 Å². The summed E-state index contributed by atoms with van der Waals surface area (Å²) >= 11 is 6.10. The fourth-order valence-electron chi connectivity index (χ4n) is 2.32. The maximum atomic E-state index is 10.6. The summed E-state index contributed by atoms with van der Waals surface area (Å²) in [6.07, 6.45) is 1.69. The summed E-state index contributed by atoms with van der Waals surface area (Å²) in [5.41, 5.74) is 2.85. The van der Waals surface area contributed by atoms with Crippen molar-refractivity contribution < 1.29 is 5.11 Å². The minimum absolute atomic E-state index is 0.645. The van der Waals surface area contributed by atoms with E-state index < -0.39 is 6.10 Å². The number of rotatable bonds is 7. The Labute approximate surface area is 131 Å². The van der Waals surface area contributed by atoms with Crippen molar-refractivity contribution in [3.63, 3.8) is 0 Å². The zero-order valence-corrected chi connectivity index (χ0v) is 13.1. The second-order valence-corrected chi connectivity index (χ2v) is 5.62. The molecule has 0 aromatic heterocycles. The van der Waals surface area contributed by atoms with Gasteiger partial charge >= 0.3 is 0 Å². The maximum absolute atomic E-state index is 10.6. The molecule has 0 saturated carbocycles. The van der Waals surface area contributed by atoms with Crippen molar-refractivity contribution in [2.45, 2.75) is 32.4 Å². The first kappa shape index (κ1) is 16.0. The van der Waals surface area contributed by atoms with Crippen molar-refractivity contribution in [3.8, 4) is 0 Å². The number of hydrogen-bond acceptors (Lipinski definition) is 2. The summed E-state index contributed by atoms with van der Waals surface area (Å²) in [7, 11) is 0. The smallest absolute Gasteiger partial charge is 0.104 e. The molecule has 2 N–H and O–H groups in total. The van der Waals surface area contributed by atoms with Gasteiger partial charge in [0.05, 0.1) is 0 Å². The monoisotopic (exact) mass is 303 g/mol. The summed E-state index contributed by atoms with van der Waals surface area (Å²) < 4.78 is 0. The Morgan fingerprint density at radius 1 is 1.14 bits per heavy atom. The van der Waals surface area contributed by atoms with E-state index in [4.69, 9.17) is 11.6 Å². The Bertz CT molecular complexity index is 556. The molecule has 2 nitrogen and oxygen atoms in total. The molecule has 0 saturated heterocycles. The molecule has 0 aliphatic carbocycles. The third-order valence-electron chi connectivity index (χ3n) is 3.54. The highest BCUT2D eigenvalue weighted by atomic mass is 35.5. The molecule has 3 heteroatoms. The van der Waals surface area contributed by atoms with Gasteiger partial charge in [-0.1, -0.05) is 61.3 Å². The number of hydrogen-bond donors (Lipinski definition) is 2. The number of aliphatic hydroxyl groups is 1. The lowest BCUT2D eigenvalue weighted by atomic mass is 9.96. The van der Waals surface area contributed by atoms with E-state index in [0.717, 1.165) is 36.2 Å². The van der Waals surface area contributed by atoms with E-state index >= 15 is 0 Å². The minimum Gasteiger partial charge on any atom is -0.384 e. The van der Waals surface area contributed by atoms with Crippen molar-refractivity contribution in [1.29, 1.82) is 0 Å². The molecule has 0 spiro atoms. The molecule has 2 rings (SSSR count). The lowest BCUT2D eigenvalue weighted by Crippen LogP contribution is -2.16. The molecule has 0 heterocycles. The van der Waals surface area contributed by atoms with Crippen LogP contribution in [-0.4, -0.2) is 11.7 Å². The van der Waals surface area contributed by atoms with Crippen LogP contribution in [0.2, 0.25) is 5.02 Å². The molecule has 0 amide bonds. The van der Waals surface area contributed by atoms with Gasteiger partial charge in [0.15, 0.2) is 0 Å². The van der Waals surface area contributed by atoms with Gasteiger partial charge in [-0.3, -0.25) is 0 Å². The highest BCUT2D eigenvalue weighted by molar-refractivity contribution is 6.30. The van der Waals surface area contributed by atoms with Crippen LogP contribution >= 0.6 is 11.6 Å². The van der Waals surface area contributed by atoms with E-state index in [-0.39, 0.29) is 0 Å². The van der Waals surface area contributed by atoms with Gasteiger partial charge in [0.25, 0.3) is 0 Å². The maximum Gasteiger partial charge on any atom is 0.104 e. The standard InChI is InChI=1S/C18H22ClNO/c1-2-3-11-20-13-15-9-10-16(19)12-17(15)18(21)14-7-5-4-6-8-14/h4-10,12,18,20-21H,2-3,11,13H2,1H3. The zero-order valence-electron chi connectivity index (χ0n) is 12.3. The van der Waals surface area contributed by atoms with Crippen LogP contribution < -0.4 is 5.32 Å². The van der Waals surface area contributed by atoms with E-state index in [1.165, 1.54) is 6.42 Å². The van der Waals surface area contributed by atoms with Gasteiger partial charge < -0.3 is 10.4 Å². The van der Waals surface area contributed by atoms with E-state index in [1.54, 1.807) is 0 Å². The molecular formula is C18H22ClNO. The number of halogens is 1. The van der Waals surface area contributed by atoms with Crippen LogP contribution in [0.25, 0.3) is 0 Å². The van der Waals surface area contributed by atoms with Crippen molar-refractivity contribution in [2.24, 2.45) is 0 Å². The first-order valence-corrected chi connectivity index (χ1v) is 7.82. The van der Waals surface area contributed by atoms with Gasteiger partial charge in [-0.05, 0) is 41.8 Å². The van der Waals surface area contributed by atoms with Crippen LogP contribution in [0.5, 0.6) is 0 Å². The van der Waals surface area contributed by atoms with Crippen LogP contribution in [0.3, 0.4) is 0 Å². The highest BCUT2D eigenvalue weighted by Crippen LogP contribution is 2.27. The largest absolute Gasteiger partial charge is 0.384 e. The van der Waals surface area contributed by atoms with Crippen molar-refractivity contribution in [2.75, 3.05) is 6.54 Å². The third kappa shape index (κ3) is 4.57. The molecule has 0 radical (unpaired) electrons. The Hall–Kier alpha value is -1.35. The quantitative estimate of drug-likeness (QED) is 0.747.